The highest BCUT2D eigenvalue weighted by molar-refractivity contribution is 8.00. The monoisotopic (exact) mass is 389 g/mol. The van der Waals surface area contributed by atoms with Crippen LogP contribution in [0, 0.1) is 0 Å². The number of thioether (sulfide) groups is 1. The van der Waals surface area contributed by atoms with E-state index < -0.39 is 10.0 Å². The molecule has 2 aromatic carbocycles. The smallest absolute Gasteiger partial charge is 0.271 e. The lowest BCUT2D eigenvalue weighted by Crippen LogP contribution is -2.11. The van der Waals surface area contributed by atoms with Crippen molar-refractivity contribution in [3.63, 3.8) is 0 Å². The standard InChI is InChI=1S/C18H15NO3S3/c20-17(14-5-2-1-3-6-14)13-24-16-10-8-15(9-11-16)19-25(21,22)18-7-4-12-23-18/h1-12,19H,13H2. The minimum atomic E-state index is -3.54. The lowest BCUT2D eigenvalue weighted by Gasteiger charge is -2.07. The summed E-state index contributed by atoms with van der Waals surface area (Å²) in [7, 11) is -3.54. The highest BCUT2D eigenvalue weighted by Crippen LogP contribution is 2.24. The van der Waals surface area contributed by atoms with Crippen LogP contribution in [0.3, 0.4) is 0 Å². The lowest BCUT2D eigenvalue weighted by atomic mass is 10.2. The SMILES string of the molecule is O=C(CSc1ccc(NS(=O)(=O)c2cccs2)cc1)c1ccccc1. The third-order valence-electron chi connectivity index (χ3n) is 3.33. The van der Waals surface area contributed by atoms with Crippen LogP contribution in [0.4, 0.5) is 5.69 Å². The van der Waals surface area contributed by atoms with Crippen LogP contribution in [0.5, 0.6) is 0 Å². The van der Waals surface area contributed by atoms with Gasteiger partial charge in [0.25, 0.3) is 10.0 Å². The number of sulfonamides is 1. The van der Waals surface area contributed by atoms with Gasteiger partial charge in [-0.15, -0.1) is 23.1 Å². The van der Waals surface area contributed by atoms with Gasteiger partial charge >= 0.3 is 0 Å². The molecule has 0 saturated heterocycles. The van der Waals surface area contributed by atoms with E-state index in [2.05, 4.69) is 4.72 Å². The van der Waals surface area contributed by atoms with Crippen LogP contribution >= 0.6 is 23.1 Å². The lowest BCUT2D eigenvalue weighted by molar-refractivity contribution is 0.102. The Balaban J connectivity index is 1.60. The summed E-state index contributed by atoms with van der Waals surface area (Å²) in [5.41, 5.74) is 1.18. The Kier molecular flexibility index (Phi) is 5.57. The predicted molar refractivity (Wildman–Crippen MR) is 103 cm³/mol. The van der Waals surface area contributed by atoms with Gasteiger partial charge < -0.3 is 0 Å². The molecule has 0 spiro atoms. The fourth-order valence-electron chi connectivity index (χ4n) is 2.10. The Bertz CT molecular complexity index is 935. The normalized spacial score (nSPS) is 11.2. The molecule has 0 atom stereocenters. The molecule has 0 unspecified atom stereocenters. The number of carbonyl (C=O) groups is 1. The van der Waals surface area contributed by atoms with Crippen LogP contribution < -0.4 is 4.72 Å². The second-order valence-electron chi connectivity index (χ2n) is 5.14. The van der Waals surface area contributed by atoms with E-state index in [1.165, 1.54) is 23.1 Å². The maximum Gasteiger partial charge on any atom is 0.271 e. The van der Waals surface area contributed by atoms with Crippen LogP contribution in [0.2, 0.25) is 0 Å². The molecular formula is C18H15NO3S3. The Labute approximate surface area is 155 Å². The van der Waals surface area contributed by atoms with Crippen LogP contribution in [-0.2, 0) is 10.0 Å². The number of rotatable bonds is 7. The molecule has 0 aliphatic rings. The number of anilines is 1. The molecule has 0 bridgehead atoms. The first kappa shape index (κ1) is 17.7. The molecule has 0 saturated carbocycles. The minimum Gasteiger partial charge on any atom is -0.293 e. The van der Waals surface area contributed by atoms with Crippen LogP contribution in [0.15, 0.2) is 81.2 Å². The number of benzene rings is 2. The summed E-state index contributed by atoms with van der Waals surface area (Å²) in [6.07, 6.45) is 0. The molecule has 1 N–H and O–H groups in total. The summed E-state index contributed by atoms with van der Waals surface area (Å²) in [5, 5.41) is 1.72. The van der Waals surface area contributed by atoms with Crippen molar-refractivity contribution in [1.82, 2.24) is 0 Å². The van der Waals surface area contributed by atoms with E-state index in [0.717, 1.165) is 4.90 Å². The summed E-state index contributed by atoms with van der Waals surface area (Å²) in [6.45, 7) is 0. The van der Waals surface area contributed by atoms with E-state index in [4.69, 9.17) is 0 Å². The Morgan fingerprint density at radius 1 is 0.960 bits per heavy atom. The molecule has 1 heterocycles. The van der Waals surface area contributed by atoms with Crippen molar-refractivity contribution in [2.75, 3.05) is 10.5 Å². The van der Waals surface area contributed by atoms with Gasteiger partial charge in [0.1, 0.15) is 4.21 Å². The molecule has 128 valence electrons. The largest absolute Gasteiger partial charge is 0.293 e. The second-order valence-corrected chi connectivity index (χ2v) is 9.05. The Morgan fingerprint density at radius 3 is 2.32 bits per heavy atom. The zero-order valence-electron chi connectivity index (χ0n) is 13.1. The fraction of sp³-hybridized carbons (Fsp3) is 0.0556. The molecule has 1 aromatic heterocycles. The van der Waals surface area contributed by atoms with E-state index in [9.17, 15) is 13.2 Å². The Hall–Kier alpha value is -2.09. The van der Waals surface area contributed by atoms with Crippen molar-refractivity contribution in [2.45, 2.75) is 9.10 Å². The van der Waals surface area contributed by atoms with E-state index >= 15 is 0 Å². The Morgan fingerprint density at radius 2 is 1.68 bits per heavy atom. The zero-order chi connectivity index (χ0) is 17.7. The first-order chi connectivity index (χ1) is 12.0. The fourth-order valence-corrected chi connectivity index (χ4v) is 4.94. The van der Waals surface area contributed by atoms with Gasteiger partial charge in [0.2, 0.25) is 0 Å². The van der Waals surface area contributed by atoms with E-state index in [0.29, 0.717) is 17.0 Å². The first-order valence-electron chi connectivity index (χ1n) is 7.42. The van der Waals surface area contributed by atoms with Crippen LogP contribution in [0.1, 0.15) is 10.4 Å². The summed E-state index contributed by atoms with van der Waals surface area (Å²) in [4.78, 5) is 13.0. The van der Waals surface area contributed by atoms with Gasteiger partial charge in [0.15, 0.2) is 5.78 Å². The van der Waals surface area contributed by atoms with Crippen molar-refractivity contribution in [2.24, 2.45) is 0 Å². The third kappa shape index (κ3) is 4.72. The third-order valence-corrected chi connectivity index (χ3v) is 7.12. The number of hydrogen-bond donors (Lipinski definition) is 1. The maximum atomic E-state index is 12.2. The molecule has 0 aliphatic heterocycles. The van der Waals surface area contributed by atoms with Gasteiger partial charge in [-0.3, -0.25) is 9.52 Å². The van der Waals surface area contributed by atoms with Crippen molar-refractivity contribution in [3.05, 3.63) is 77.7 Å². The number of carbonyl (C=O) groups excluding carboxylic acids is 1. The molecule has 0 aliphatic carbocycles. The average molecular weight is 390 g/mol. The zero-order valence-corrected chi connectivity index (χ0v) is 15.5. The summed E-state index contributed by atoms with van der Waals surface area (Å²) >= 11 is 2.59. The van der Waals surface area contributed by atoms with Gasteiger partial charge in [0.05, 0.1) is 5.75 Å². The van der Waals surface area contributed by atoms with Crippen molar-refractivity contribution in [3.8, 4) is 0 Å². The topological polar surface area (TPSA) is 63.2 Å². The van der Waals surface area contributed by atoms with Gasteiger partial charge in [-0.1, -0.05) is 36.4 Å². The van der Waals surface area contributed by atoms with Gasteiger partial charge in [-0.2, -0.15) is 0 Å². The summed E-state index contributed by atoms with van der Waals surface area (Å²) in [5.74, 6) is 0.401. The maximum absolute atomic E-state index is 12.2. The molecule has 3 rings (SSSR count). The quantitative estimate of drug-likeness (QED) is 0.476. The van der Waals surface area contributed by atoms with E-state index in [1.807, 2.05) is 18.2 Å². The molecule has 0 amide bonds. The number of hydrogen-bond acceptors (Lipinski definition) is 5. The van der Waals surface area contributed by atoms with Crippen molar-refractivity contribution >= 4 is 44.6 Å². The van der Waals surface area contributed by atoms with Crippen molar-refractivity contribution in [1.29, 1.82) is 0 Å². The molecule has 7 heteroatoms. The highest BCUT2D eigenvalue weighted by Gasteiger charge is 2.15. The van der Waals surface area contributed by atoms with Gasteiger partial charge in [-0.25, -0.2) is 8.42 Å². The molecular weight excluding hydrogens is 374 g/mol. The van der Waals surface area contributed by atoms with Gasteiger partial charge in [-0.05, 0) is 35.7 Å². The predicted octanol–water partition coefficient (Wildman–Crippen LogP) is 4.52. The number of Topliss-reactive ketones (excluding diaryl/α,β-unsaturated/α-hetero) is 1. The van der Waals surface area contributed by atoms with Gasteiger partial charge in [0, 0.05) is 16.1 Å². The molecule has 25 heavy (non-hydrogen) atoms. The number of thiophene rings is 1. The average Bonchev–Trinajstić information content (AvgIpc) is 3.17. The molecule has 0 fully saturated rings. The highest BCUT2D eigenvalue weighted by atomic mass is 32.2. The molecule has 3 aromatic rings. The van der Waals surface area contributed by atoms with E-state index in [-0.39, 0.29) is 9.99 Å². The minimum absolute atomic E-state index is 0.0630. The second kappa shape index (κ2) is 7.86. The molecule has 4 nitrogen and oxygen atoms in total. The van der Waals surface area contributed by atoms with E-state index in [1.54, 1.807) is 53.9 Å². The van der Waals surface area contributed by atoms with Crippen LogP contribution in [-0.4, -0.2) is 20.0 Å². The molecule has 0 radical (unpaired) electrons. The summed E-state index contributed by atoms with van der Waals surface area (Å²) in [6, 6.07) is 19.4. The van der Waals surface area contributed by atoms with Crippen LogP contribution in [0.25, 0.3) is 0 Å². The number of ketones is 1. The first-order valence-corrected chi connectivity index (χ1v) is 10.8. The van der Waals surface area contributed by atoms with Crippen molar-refractivity contribution < 1.29 is 13.2 Å². The number of nitrogens with one attached hydrogen (secondary N) is 1. The summed E-state index contributed by atoms with van der Waals surface area (Å²) < 4.78 is 27.2.